The van der Waals surface area contributed by atoms with Gasteiger partial charge in [-0.2, -0.15) is 0 Å². The fourth-order valence-corrected chi connectivity index (χ4v) is 3.21. The van der Waals surface area contributed by atoms with E-state index in [1.165, 1.54) is 0 Å². The van der Waals surface area contributed by atoms with Gasteiger partial charge in [0.25, 0.3) is 0 Å². The molecular weight excluding hydrogens is 228 g/mol. The zero-order valence-corrected chi connectivity index (χ0v) is 11.7. The first-order valence-electron chi connectivity index (χ1n) is 7.14. The van der Waals surface area contributed by atoms with E-state index in [0.29, 0.717) is 5.91 Å². The highest BCUT2D eigenvalue weighted by molar-refractivity contribution is 5.78. The molecule has 2 saturated heterocycles. The molecule has 0 saturated carbocycles. The topological polar surface area (TPSA) is 43.8 Å². The number of likely N-dealkylation sites (tertiary alicyclic amines) is 2. The molecule has 2 rings (SSSR count). The summed E-state index contributed by atoms with van der Waals surface area (Å²) >= 11 is 0. The predicted molar refractivity (Wildman–Crippen MR) is 71.3 cm³/mol. The summed E-state index contributed by atoms with van der Waals surface area (Å²) in [6.45, 7) is 9.13. The lowest BCUT2D eigenvalue weighted by atomic mass is 9.87. The van der Waals surface area contributed by atoms with Crippen molar-refractivity contribution in [1.29, 1.82) is 0 Å². The second kappa shape index (κ2) is 5.57. The third-order valence-electron chi connectivity index (χ3n) is 4.08. The Morgan fingerprint density at radius 3 is 2.78 bits per heavy atom. The molecule has 0 aromatic rings. The molecule has 2 fully saturated rings. The second-order valence-electron chi connectivity index (χ2n) is 6.57. The smallest absolute Gasteiger partial charge is 0.222 e. The Morgan fingerprint density at radius 1 is 1.33 bits per heavy atom. The summed E-state index contributed by atoms with van der Waals surface area (Å²) in [5.74, 6) is 0.309. The Bertz CT molecular complexity index is 304. The molecular formula is C14H26N2O2. The lowest BCUT2D eigenvalue weighted by Crippen LogP contribution is -2.39. The van der Waals surface area contributed by atoms with Gasteiger partial charge in [0.2, 0.25) is 5.91 Å². The van der Waals surface area contributed by atoms with Crippen LogP contribution >= 0.6 is 0 Å². The molecule has 1 atom stereocenters. The molecule has 1 amide bonds. The third kappa shape index (κ3) is 3.69. The van der Waals surface area contributed by atoms with Crippen molar-refractivity contribution in [2.75, 3.05) is 32.7 Å². The molecule has 0 bridgehead atoms. The van der Waals surface area contributed by atoms with Gasteiger partial charge >= 0.3 is 0 Å². The standard InChI is InChI=1S/C14H26N2O2/c1-14(2)10-12(17)5-7-15(11-14)8-9-16-6-3-4-13(16)18/h12,17H,3-11H2,1-2H3. The van der Waals surface area contributed by atoms with Crippen molar-refractivity contribution >= 4 is 5.91 Å². The number of aliphatic hydroxyl groups excluding tert-OH is 1. The quantitative estimate of drug-likeness (QED) is 0.820. The minimum atomic E-state index is -0.168. The number of amides is 1. The number of nitrogens with zero attached hydrogens (tertiary/aromatic N) is 2. The Balaban J connectivity index is 1.83. The summed E-state index contributed by atoms with van der Waals surface area (Å²) in [6.07, 6.45) is 3.31. The minimum Gasteiger partial charge on any atom is -0.393 e. The number of carbonyl (C=O) groups excluding carboxylic acids is 1. The van der Waals surface area contributed by atoms with Crippen LogP contribution in [-0.2, 0) is 4.79 Å². The highest BCUT2D eigenvalue weighted by Gasteiger charge is 2.29. The van der Waals surface area contributed by atoms with Crippen LogP contribution in [0.5, 0.6) is 0 Å². The maximum absolute atomic E-state index is 11.6. The minimum absolute atomic E-state index is 0.168. The summed E-state index contributed by atoms with van der Waals surface area (Å²) in [5.41, 5.74) is 0.172. The van der Waals surface area contributed by atoms with Gasteiger partial charge in [-0.1, -0.05) is 13.8 Å². The van der Waals surface area contributed by atoms with Crippen molar-refractivity contribution < 1.29 is 9.90 Å². The van der Waals surface area contributed by atoms with Crippen LogP contribution in [0.15, 0.2) is 0 Å². The maximum atomic E-state index is 11.6. The molecule has 0 spiro atoms. The van der Waals surface area contributed by atoms with Gasteiger partial charge in [-0.25, -0.2) is 0 Å². The number of aliphatic hydroxyl groups is 1. The van der Waals surface area contributed by atoms with E-state index in [2.05, 4.69) is 18.7 Å². The molecule has 2 aliphatic heterocycles. The molecule has 0 aliphatic carbocycles. The lowest BCUT2D eigenvalue weighted by Gasteiger charge is -2.30. The summed E-state index contributed by atoms with van der Waals surface area (Å²) < 4.78 is 0. The Morgan fingerprint density at radius 2 is 2.11 bits per heavy atom. The van der Waals surface area contributed by atoms with Crippen molar-refractivity contribution in [3.8, 4) is 0 Å². The van der Waals surface area contributed by atoms with Crippen molar-refractivity contribution in [2.45, 2.75) is 45.6 Å². The molecule has 1 unspecified atom stereocenters. The van der Waals surface area contributed by atoms with E-state index < -0.39 is 0 Å². The van der Waals surface area contributed by atoms with Crippen LogP contribution < -0.4 is 0 Å². The monoisotopic (exact) mass is 254 g/mol. The maximum Gasteiger partial charge on any atom is 0.222 e. The lowest BCUT2D eigenvalue weighted by molar-refractivity contribution is -0.127. The first-order valence-corrected chi connectivity index (χ1v) is 7.14. The Hall–Kier alpha value is -0.610. The molecule has 0 aromatic carbocycles. The molecule has 0 aromatic heterocycles. The van der Waals surface area contributed by atoms with E-state index in [1.807, 2.05) is 4.90 Å². The largest absolute Gasteiger partial charge is 0.393 e. The average molecular weight is 254 g/mol. The number of hydrogen-bond donors (Lipinski definition) is 1. The first kappa shape index (κ1) is 13.8. The number of hydrogen-bond acceptors (Lipinski definition) is 3. The van der Waals surface area contributed by atoms with E-state index >= 15 is 0 Å². The first-order chi connectivity index (χ1) is 8.46. The SMILES string of the molecule is CC1(C)CC(O)CCN(CCN2CCCC2=O)C1. The van der Waals surface area contributed by atoms with Gasteiger partial charge in [-0.15, -0.1) is 0 Å². The van der Waals surface area contributed by atoms with E-state index in [0.717, 1.165) is 58.4 Å². The van der Waals surface area contributed by atoms with Crippen LogP contribution in [0.1, 0.15) is 39.5 Å². The highest BCUT2D eigenvalue weighted by atomic mass is 16.3. The Kier molecular flexibility index (Phi) is 4.28. The fraction of sp³-hybridized carbons (Fsp3) is 0.929. The van der Waals surface area contributed by atoms with Crippen LogP contribution in [0, 0.1) is 5.41 Å². The van der Waals surface area contributed by atoms with Crippen LogP contribution in [0.3, 0.4) is 0 Å². The molecule has 4 nitrogen and oxygen atoms in total. The molecule has 104 valence electrons. The van der Waals surface area contributed by atoms with Crippen LogP contribution in [0.2, 0.25) is 0 Å². The summed E-state index contributed by atoms with van der Waals surface area (Å²) in [7, 11) is 0. The zero-order chi connectivity index (χ0) is 13.2. The average Bonchev–Trinajstić information content (AvgIpc) is 2.61. The van der Waals surface area contributed by atoms with Gasteiger partial charge in [-0.3, -0.25) is 4.79 Å². The van der Waals surface area contributed by atoms with E-state index in [9.17, 15) is 9.90 Å². The molecule has 1 N–H and O–H groups in total. The summed E-state index contributed by atoms with van der Waals surface area (Å²) in [5, 5.41) is 9.87. The number of carbonyl (C=O) groups is 1. The number of rotatable bonds is 3. The van der Waals surface area contributed by atoms with Gasteiger partial charge in [0, 0.05) is 39.1 Å². The molecule has 18 heavy (non-hydrogen) atoms. The van der Waals surface area contributed by atoms with Crippen molar-refractivity contribution in [2.24, 2.45) is 5.41 Å². The van der Waals surface area contributed by atoms with E-state index in [4.69, 9.17) is 0 Å². The second-order valence-corrected chi connectivity index (χ2v) is 6.57. The van der Waals surface area contributed by atoms with Crippen molar-refractivity contribution in [1.82, 2.24) is 9.80 Å². The molecule has 4 heteroatoms. The van der Waals surface area contributed by atoms with E-state index in [-0.39, 0.29) is 11.5 Å². The van der Waals surface area contributed by atoms with E-state index in [1.54, 1.807) is 0 Å². The predicted octanol–water partition coefficient (Wildman–Crippen LogP) is 1.09. The van der Waals surface area contributed by atoms with Crippen LogP contribution in [-0.4, -0.2) is 59.6 Å². The van der Waals surface area contributed by atoms with Crippen molar-refractivity contribution in [3.63, 3.8) is 0 Å². The molecule has 2 heterocycles. The van der Waals surface area contributed by atoms with Gasteiger partial charge in [0.05, 0.1) is 6.10 Å². The summed E-state index contributed by atoms with van der Waals surface area (Å²) in [6, 6.07) is 0. The summed E-state index contributed by atoms with van der Waals surface area (Å²) in [4.78, 5) is 15.9. The normalized spacial score (nSPS) is 29.6. The van der Waals surface area contributed by atoms with Crippen LogP contribution in [0.25, 0.3) is 0 Å². The van der Waals surface area contributed by atoms with Gasteiger partial charge in [0.1, 0.15) is 0 Å². The molecule has 2 aliphatic rings. The fourth-order valence-electron chi connectivity index (χ4n) is 3.21. The zero-order valence-electron chi connectivity index (χ0n) is 11.7. The highest BCUT2D eigenvalue weighted by Crippen LogP contribution is 2.28. The van der Waals surface area contributed by atoms with Gasteiger partial charge in [0.15, 0.2) is 0 Å². The van der Waals surface area contributed by atoms with Gasteiger partial charge < -0.3 is 14.9 Å². The van der Waals surface area contributed by atoms with Crippen LogP contribution in [0.4, 0.5) is 0 Å². The third-order valence-corrected chi connectivity index (χ3v) is 4.08. The van der Waals surface area contributed by atoms with Gasteiger partial charge in [-0.05, 0) is 24.7 Å². The molecule has 0 radical (unpaired) electrons. The Labute approximate surface area is 110 Å². The van der Waals surface area contributed by atoms with Crippen molar-refractivity contribution in [3.05, 3.63) is 0 Å².